The van der Waals surface area contributed by atoms with Gasteiger partial charge < -0.3 is 9.15 Å². The highest BCUT2D eigenvalue weighted by Crippen LogP contribution is 2.27. The molecule has 0 unspecified atom stereocenters. The van der Waals surface area contributed by atoms with Crippen LogP contribution in [0, 0.1) is 18.3 Å². The topological polar surface area (TPSA) is 102 Å². The Hall–Kier alpha value is -3.18. The minimum absolute atomic E-state index is 0.261. The maximum absolute atomic E-state index is 12.0. The summed E-state index contributed by atoms with van der Waals surface area (Å²) >= 11 is 1.30. The molecule has 27 heavy (non-hydrogen) atoms. The molecule has 1 aromatic carbocycles. The second-order valence-corrected chi connectivity index (χ2v) is 6.43. The molecule has 2 aromatic heterocycles. The first-order chi connectivity index (χ1) is 13.1. The van der Waals surface area contributed by atoms with E-state index < -0.39 is 5.97 Å². The Kier molecular flexibility index (Phi) is 5.84. The molecule has 0 spiro atoms. The van der Waals surface area contributed by atoms with Gasteiger partial charge in [0.2, 0.25) is 11.8 Å². The lowest BCUT2D eigenvalue weighted by molar-refractivity contribution is 0.0524. The first-order valence-corrected chi connectivity index (χ1v) is 9.20. The summed E-state index contributed by atoms with van der Waals surface area (Å²) in [6.07, 6.45) is 0. The van der Waals surface area contributed by atoms with Crippen molar-refractivity contribution in [2.45, 2.75) is 24.6 Å². The van der Waals surface area contributed by atoms with Crippen LogP contribution in [0.25, 0.3) is 11.5 Å². The third kappa shape index (κ3) is 4.33. The molecule has 0 aliphatic rings. The van der Waals surface area contributed by atoms with Gasteiger partial charge in [-0.25, -0.2) is 9.78 Å². The highest BCUT2D eigenvalue weighted by Gasteiger charge is 2.17. The summed E-state index contributed by atoms with van der Waals surface area (Å²) in [6.45, 7) is 3.69. The minimum Gasteiger partial charge on any atom is -0.462 e. The van der Waals surface area contributed by atoms with E-state index in [4.69, 9.17) is 9.15 Å². The van der Waals surface area contributed by atoms with E-state index in [2.05, 4.69) is 21.3 Å². The van der Waals surface area contributed by atoms with Gasteiger partial charge in [0.15, 0.2) is 0 Å². The van der Waals surface area contributed by atoms with Gasteiger partial charge in [0.05, 0.1) is 29.2 Å². The molecule has 0 atom stereocenters. The van der Waals surface area contributed by atoms with E-state index in [1.54, 1.807) is 13.8 Å². The quantitative estimate of drug-likeness (QED) is 0.470. The number of aryl methyl sites for hydroxylation is 1. The number of thioether (sulfide) groups is 1. The normalized spacial score (nSPS) is 10.4. The first-order valence-electron chi connectivity index (χ1n) is 8.21. The minimum atomic E-state index is -0.486. The number of aromatic nitrogens is 3. The highest BCUT2D eigenvalue weighted by molar-refractivity contribution is 7.98. The Labute approximate surface area is 160 Å². The third-order valence-electron chi connectivity index (χ3n) is 3.61. The van der Waals surface area contributed by atoms with Gasteiger partial charge in [-0.3, -0.25) is 0 Å². The van der Waals surface area contributed by atoms with Crippen LogP contribution in [0.15, 0.2) is 45.8 Å². The number of hydrogen-bond donors (Lipinski definition) is 0. The summed E-state index contributed by atoms with van der Waals surface area (Å²) in [5, 5.41) is 18.0. The van der Waals surface area contributed by atoms with Gasteiger partial charge in [0.1, 0.15) is 11.1 Å². The van der Waals surface area contributed by atoms with Crippen molar-refractivity contribution in [3.63, 3.8) is 0 Å². The summed E-state index contributed by atoms with van der Waals surface area (Å²) in [6, 6.07) is 13.0. The highest BCUT2D eigenvalue weighted by atomic mass is 32.2. The van der Waals surface area contributed by atoms with E-state index in [9.17, 15) is 10.1 Å². The fourth-order valence-corrected chi connectivity index (χ4v) is 3.17. The molecule has 3 rings (SSSR count). The maximum Gasteiger partial charge on any atom is 0.340 e. The molecule has 0 N–H and O–H groups in total. The third-order valence-corrected chi connectivity index (χ3v) is 4.59. The van der Waals surface area contributed by atoms with Crippen LogP contribution in [0.4, 0.5) is 0 Å². The Morgan fingerprint density at radius 1 is 1.30 bits per heavy atom. The average molecular weight is 380 g/mol. The smallest absolute Gasteiger partial charge is 0.340 e. The summed E-state index contributed by atoms with van der Waals surface area (Å²) < 4.78 is 10.7. The standard InChI is InChI=1S/C19H16N4O3S/c1-3-25-19(24)15-9-14(10-20)18(21-12(15)2)27-11-16-22-23-17(26-16)13-7-5-4-6-8-13/h4-9H,3,11H2,1-2H3. The number of hydrogen-bond acceptors (Lipinski definition) is 8. The number of nitrogens with zero attached hydrogens (tertiary/aromatic N) is 4. The molecule has 0 saturated heterocycles. The number of carbonyl (C=O) groups is 1. The van der Waals surface area contributed by atoms with Crippen molar-refractivity contribution in [2.75, 3.05) is 6.61 Å². The lowest BCUT2D eigenvalue weighted by atomic mass is 10.1. The van der Waals surface area contributed by atoms with Crippen LogP contribution < -0.4 is 0 Å². The Balaban J connectivity index is 1.76. The Morgan fingerprint density at radius 2 is 2.07 bits per heavy atom. The molecule has 0 aliphatic heterocycles. The van der Waals surface area contributed by atoms with Crippen molar-refractivity contribution in [3.8, 4) is 17.5 Å². The fraction of sp³-hybridized carbons (Fsp3) is 0.211. The molecule has 136 valence electrons. The maximum atomic E-state index is 12.0. The van der Waals surface area contributed by atoms with Crippen LogP contribution in [0.2, 0.25) is 0 Å². The second-order valence-electron chi connectivity index (χ2n) is 5.46. The summed E-state index contributed by atoms with van der Waals surface area (Å²) in [4.78, 5) is 16.3. The molecular formula is C19H16N4O3S. The van der Waals surface area contributed by atoms with Crippen LogP contribution >= 0.6 is 11.8 Å². The lowest BCUT2D eigenvalue weighted by Gasteiger charge is -2.08. The van der Waals surface area contributed by atoms with Crippen LogP contribution in [-0.2, 0) is 10.5 Å². The first kappa shape index (κ1) is 18.6. The molecule has 0 saturated carbocycles. The van der Waals surface area contributed by atoms with E-state index in [1.807, 2.05) is 30.3 Å². The number of esters is 1. The predicted molar refractivity (Wildman–Crippen MR) is 98.9 cm³/mol. The van der Waals surface area contributed by atoms with E-state index in [0.29, 0.717) is 39.4 Å². The predicted octanol–water partition coefficient (Wildman–Crippen LogP) is 3.78. The number of nitriles is 1. The number of pyridine rings is 1. The molecule has 7 nitrogen and oxygen atoms in total. The number of carbonyl (C=O) groups excluding carboxylic acids is 1. The molecule has 0 fully saturated rings. The van der Waals surface area contributed by atoms with Crippen molar-refractivity contribution in [1.29, 1.82) is 5.26 Å². The molecule has 0 radical (unpaired) electrons. The SMILES string of the molecule is CCOC(=O)c1cc(C#N)c(SCc2nnc(-c3ccccc3)o2)nc1C. The molecular weight excluding hydrogens is 364 g/mol. The van der Waals surface area contributed by atoms with Crippen LogP contribution in [-0.4, -0.2) is 27.8 Å². The molecule has 0 bridgehead atoms. The summed E-state index contributed by atoms with van der Waals surface area (Å²) in [5.74, 6) is 0.741. The van der Waals surface area contributed by atoms with E-state index >= 15 is 0 Å². The number of benzene rings is 1. The summed E-state index contributed by atoms with van der Waals surface area (Å²) in [7, 11) is 0. The van der Waals surface area contributed by atoms with Gasteiger partial charge in [-0.1, -0.05) is 30.0 Å². The van der Waals surface area contributed by atoms with Gasteiger partial charge in [0.25, 0.3) is 0 Å². The zero-order valence-electron chi connectivity index (χ0n) is 14.8. The van der Waals surface area contributed by atoms with E-state index in [1.165, 1.54) is 17.8 Å². The second kappa shape index (κ2) is 8.47. The van der Waals surface area contributed by atoms with Gasteiger partial charge in [-0.05, 0) is 32.0 Å². The van der Waals surface area contributed by atoms with E-state index in [0.717, 1.165) is 5.56 Å². The van der Waals surface area contributed by atoms with Crippen LogP contribution in [0.5, 0.6) is 0 Å². The van der Waals surface area contributed by atoms with Gasteiger partial charge in [0, 0.05) is 5.56 Å². The van der Waals surface area contributed by atoms with Crippen LogP contribution in [0.3, 0.4) is 0 Å². The van der Waals surface area contributed by atoms with E-state index in [-0.39, 0.29) is 6.61 Å². The molecule has 3 aromatic rings. The largest absolute Gasteiger partial charge is 0.462 e. The van der Waals surface area contributed by atoms with Crippen LogP contribution in [0.1, 0.15) is 34.4 Å². The van der Waals surface area contributed by atoms with Gasteiger partial charge in [-0.2, -0.15) is 5.26 Å². The number of ether oxygens (including phenoxy) is 1. The Bertz CT molecular complexity index is 996. The molecule has 0 aliphatic carbocycles. The molecule has 0 amide bonds. The van der Waals surface area contributed by atoms with Crippen molar-refractivity contribution < 1.29 is 13.9 Å². The Morgan fingerprint density at radius 3 is 2.78 bits per heavy atom. The van der Waals surface area contributed by atoms with Gasteiger partial charge >= 0.3 is 5.97 Å². The van der Waals surface area contributed by atoms with Crippen molar-refractivity contribution in [2.24, 2.45) is 0 Å². The van der Waals surface area contributed by atoms with Crippen molar-refractivity contribution in [1.82, 2.24) is 15.2 Å². The average Bonchev–Trinajstić information content (AvgIpc) is 3.16. The monoisotopic (exact) mass is 380 g/mol. The molecule has 2 heterocycles. The van der Waals surface area contributed by atoms with Gasteiger partial charge in [-0.15, -0.1) is 10.2 Å². The zero-order valence-corrected chi connectivity index (χ0v) is 15.6. The summed E-state index contributed by atoms with van der Waals surface area (Å²) in [5.41, 5.74) is 1.94. The number of rotatable bonds is 6. The lowest BCUT2D eigenvalue weighted by Crippen LogP contribution is -2.09. The molecule has 8 heteroatoms. The van der Waals surface area contributed by atoms with Crippen molar-refractivity contribution >= 4 is 17.7 Å². The van der Waals surface area contributed by atoms with Crippen molar-refractivity contribution in [3.05, 3.63) is 59.1 Å². The fourth-order valence-electron chi connectivity index (χ4n) is 2.33. The zero-order chi connectivity index (χ0) is 19.2.